The SMILES string of the molecule is C[C@H](NCc1csc(NC(=O)OC(C)(C)C)n1)C1CC1. The van der Waals surface area contributed by atoms with E-state index in [4.69, 9.17) is 4.74 Å². The largest absolute Gasteiger partial charge is 0.444 e. The van der Waals surface area contributed by atoms with Crippen molar-refractivity contribution in [2.45, 2.75) is 58.7 Å². The number of carbonyl (C=O) groups is 1. The Kier molecular flexibility index (Phi) is 4.65. The third kappa shape index (κ3) is 5.09. The van der Waals surface area contributed by atoms with Crippen LogP contribution in [0.5, 0.6) is 0 Å². The van der Waals surface area contributed by atoms with Crippen molar-refractivity contribution in [1.29, 1.82) is 0 Å². The van der Waals surface area contributed by atoms with Gasteiger partial charge in [0.05, 0.1) is 5.69 Å². The first-order valence-electron chi connectivity index (χ1n) is 7.01. The van der Waals surface area contributed by atoms with Crippen molar-refractivity contribution in [2.75, 3.05) is 5.32 Å². The topological polar surface area (TPSA) is 63.2 Å². The third-order valence-corrected chi connectivity index (χ3v) is 3.90. The number of amides is 1. The summed E-state index contributed by atoms with van der Waals surface area (Å²) in [4.78, 5) is 16.0. The molecule has 1 aromatic rings. The first-order valence-corrected chi connectivity index (χ1v) is 7.89. The predicted molar refractivity (Wildman–Crippen MR) is 81.0 cm³/mol. The highest BCUT2D eigenvalue weighted by molar-refractivity contribution is 7.13. The number of rotatable bonds is 5. The fraction of sp³-hybridized carbons (Fsp3) is 0.714. The Labute approximate surface area is 124 Å². The number of ether oxygens (including phenoxy) is 1. The van der Waals surface area contributed by atoms with Crippen molar-refractivity contribution in [2.24, 2.45) is 5.92 Å². The quantitative estimate of drug-likeness (QED) is 0.874. The van der Waals surface area contributed by atoms with Crippen LogP contribution in [-0.4, -0.2) is 22.7 Å². The van der Waals surface area contributed by atoms with E-state index in [9.17, 15) is 4.79 Å². The second-order valence-electron chi connectivity index (χ2n) is 6.28. The van der Waals surface area contributed by atoms with Crippen molar-refractivity contribution in [1.82, 2.24) is 10.3 Å². The highest BCUT2D eigenvalue weighted by atomic mass is 32.1. The Balaban J connectivity index is 1.78. The molecule has 112 valence electrons. The molecule has 1 amide bonds. The summed E-state index contributed by atoms with van der Waals surface area (Å²) in [7, 11) is 0. The number of thiazole rings is 1. The molecule has 0 spiro atoms. The highest BCUT2D eigenvalue weighted by Gasteiger charge is 2.27. The Hall–Kier alpha value is -1.14. The molecule has 0 aromatic carbocycles. The lowest BCUT2D eigenvalue weighted by Crippen LogP contribution is -2.28. The second kappa shape index (κ2) is 6.10. The molecule has 5 nitrogen and oxygen atoms in total. The zero-order valence-corrected chi connectivity index (χ0v) is 13.3. The molecule has 0 radical (unpaired) electrons. The molecule has 0 saturated heterocycles. The predicted octanol–water partition coefficient (Wildman–Crippen LogP) is 3.38. The van der Waals surface area contributed by atoms with E-state index in [0.29, 0.717) is 11.2 Å². The standard InChI is InChI=1S/C14H23N3O2S/c1-9(10-5-6-10)15-7-11-8-20-12(16-11)17-13(18)19-14(2,3)4/h8-10,15H,5-7H2,1-4H3,(H,16,17,18)/t9-/m0/s1. The smallest absolute Gasteiger partial charge is 0.413 e. The van der Waals surface area contributed by atoms with Gasteiger partial charge >= 0.3 is 6.09 Å². The van der Waals surface area contributed by atoms with E-state index in [1.165, 1.54) is 24.2 Å². The molecule has 0 bridgehead atoms. The number of anilines is 1. The zero-order chi connectivity index (χ0) is 14.8. The molecule has 0 unspecified atom stereocenters. The van der Waals surface area contributed by atoms with E-state index < -0.39 is 11.7 Å². The molecular weight excluding hydrogens is 274 g/mol. The van der Waals surface area contributed by atoms with Crippen LogP contribution >= 0.6 is 11.3 Å². The maximum atomic E-state index is 11.6. The van der Waals surface area contributed by atoms with Crippen LogP contribution in [0, 0.1) is 5.92 Å². The number of nitrogens with one attached hydrogen (secondary N) is 2. The van der Waals surface area contributed by atoms with Crippen LogP contribution in [0.1, 0.15) is 46.2 Å². The van der Waals surface area contributed by atoms with E-state index in [0.717, 1.165) is 18.2 Å². The molecular formula is C14H23N3O2S. The summed E-state index contributed by atoms with van der Waals surface area (Å²) in [6.45, 7) is 8.46. The number of carbonyl (C=O) groups excluding carboxylic acids is 1. The van der Waals surface area contributed by atoms with Gasteiger partial charge in [0, 0.05) is 18.0 Å². The van der Waals surface area contributed by atoms with E-state index in [1.807, 2.05) is 26.2 Å². The van der Waals surface area contributed by atoms with Crippen LogP contribution in [0.3, 0.4) is 0 Å². The molecule has 0 aliphatic heterocycles. The fourth-order valence-corrected chi connectivity index (χ4v) is 2.56. The van der Waals surface area contributed by atoms with E-state index in [1.54, 1.807) is 0 Å². The van der Waals surface area contributed by atoms with Gasteiger partial charge in [-0.2, -0.15) is 0 Å². The van der Waals surface area contributed by atoms with Crippen molar-refractivity contribution in [3.8, 4) is 0 Å². The van der Waals surface area contributed by atoms with Gasteiger partial charge in [0.15, 0.2) is 5.13 Å². The minimum Gasteiger partial charge on any atom is -0.444 e. The van der Waals surface area contributed by atoms with Crippen molar-refractivity contribution < 1.29 is 9.53 Å². The second-order valence-corrected chi connectivity index (χ2v) is 7.14. The number of hydrogen-bond donors (Lipinski definition) is 2. The Bertz CT molecular complexity index is 463. The van der Waals surface area contributed by atoms with Crippen LogP contribution in [0.2, 0.25) is 0 Å². The lowest BCUT2D eigenvalue weighted by Gasteiger charge is -2.18. The summed E-state index contributed by atoms with van der Waals surface area (Å²) < 4.78 is 5.19. The molecule has 1 aromatic heterocycles. The molecule has 1 aliphatic carbocycles. The lowest BCUT2D eigenvalue weighted by molar-refractivity contribution is 0.0636. The van der Waals surface area contributed by atoms with Gasteiger partial charge in [-0.15, -0.1) is 11.3 Å². The Morgan fingerprint density at radius 1 is 1.55 bits per heavy atom. The molecule has 2 N–H and O–H groups in total. The van der Waals surface area contributed by atoms with Crippen molar-refractivity contribution in [3.05, 3.63) is 11.1 Å². The Morgan fingerprint density at radius 3 is 2.85 bits per heavy atom. The van der Waals surface area contributed by atoms with Gasteiger partial charge in [-0.25, -0.2) is 9.78 Å². The van der Waals surface area contributed by atoms with Crippen LogP contribution in [0.4, 0.5) is 9.93 Å². The average Bonchev–Trinajstić information content (AvgIpc) is 3.06. The average molecular weight is 297 g/mol. The summed E-state index contributed by atoms with van der Waals surface area (Å²) in [5.41, 5.74) is 0.458. The molecule has 1 aliphatic rings. The van der Waals surface area contributed by atoms with Gasteiger partial charge in [-0.05, 0) is 46.5 Å². The molecule has 6 heteroatoms. The summed E-state index contributed by atoms with van der Waals surface area (Å²) in [6, 6.07) is 0.541. The summed E-state index contributed by atoms with van der Waals surface area (Å²) in [6.07, 6.45) is 2.20. The van der Waals surface area contributed by atoms with Gasteiger partial charge < -0.3 is 10.1 Å². The monoisotopic (exact) mass is 297 g/mol. The molecule has 2 rings (SSSR count). The minimum absolute atomic E-state index is 0.460. The molecule has 20 heavy (non-hydrogen) atoms. The number of nitrogens with zero attached hydrogens (tertiary/aromatic N) is 1. The summed E-state index contributed by atoms with van der Waals surface area (Å²) >= 11 is 1.42. The van der Waals surface area contributed by atoms with E-state index in [-0.39, 0.29) is 0 Å². The Morgan fingerprint density at radius 2 is 2.25 bits per heavy atom. The first kappa shape index (κ1) is 15.3. The summed E-state index contributed by atoms with van der Waals surface area (Å²) in [5.74, 6) is 0.827. The maximum absolute atomic E-state index is 11.6. The van der Waals surface area contributed by atoms with Gasteiger partial charge in [0.1, 0.15) is 5.60 Å². The van der Waals surface area contributed by atoms with Crippen LogP contribution in [0.25, 0.3) is 0 Å². The van der Waals surface area contributed by atoms with Gasteiger partial charge in [0.2, 0.25) is 0 Å². The summed E-state index contributed by atoms with van der Waals surface area (Å²) in [5, 5.41) is 8.66. The fourth-order valence-electron chi connectivity index (χ4n) is 1.86. The van der Waals surface area contributed by atoms with Crippen LogP contribution in [-0.2, 0) is 11.3 Å². The zero-order valence-electron chi connectivity index (χ0n) is 12.5. The molecule has 1 fully saturated rings. The van der Waals surface area contributed by atoms with Crippen LogP contribution in [0.15, 0.2) is 5.38 Å². The van der Waals surface area contributed by atoms with Crippen molar-refractivity contribution >= 4 is 22.6 Å². The molecule has 1 atom stereocenters. The van der Waals surface area contributed by atoms with Crippen LogP contribution < -0.4 is 10.6 Å². The number of aromatic nitrogens is 1. The van der Waals surface area contributed by atoms with E-state index in [2.05, 4.69) is 22.5 Å². The van der Waals surface area contributed by atoms with Gasteiger partial charge in [0.25, 0.3) is 0 Å². The third-order valence-electron chi connectivity index (χ3n) is 3.09. The maximum Gasteiger partial charge on any atom is 0.413 e. The molecule has 1 heterocycles. The van der Waals surface area contributed by atoms with Gasteiger partial charge in [-0.3, -0.25) is 5.32 Å². The highest BCUT2D eigenvalue weighted by Crippen LogP contribution is 2.32. The van der Waals surface area contributed by atoms with Crippen molar-refractivity contribution in [3.63, 3.8) is 0 Å². The number of hydrogen-bond acceptors (Lipinski definition) is 5. The normalized spacial score (nSPS) is 16.8. The van der Waals surface area contributed by atoms with E-state index >= 15 is 0 Å². The lowest BCUT2D eigenvalue weighted by atomic mass is 10.2. The minimum atomic E-state index is -0.495. The van der Waals surface area contributed by atoms with Gasteiger partial charge in [-0.1, -0.05) is 0 Å². The molecule has 1 saturated carbocycles. The first-order chi connectivity index (χ1) is 9.33.